The molecule has 0 saturated heterocycles. The molecule has 0 heterocycles. The summed E-state index contributed by atoms with van der Waals surface area (Å²) in [6, 6.07) is -0.638. The zero-order chi connectivity index (χ0) is 57.1. The number of rotatable bonds is 66. The summed E-state index contributed by atoms with van der Waals surface area (Å²) in [7, 11) is 0. The molecule has 0 aliphatic rings. The molecule has 0 bridgehead atoms. The van der Waals surface area contributed by atoms with Gasteiger partial charge in [-0.05, 0) is 89.9 Å². The highest BCUT2D eigenvalue weighted by Crippen LogP contribution is 2.18. The van der Waals surface area contributed by atoms with Crippen molar-refractivity contribution in [3.63, 3.8) is 0 Å². The first-order chi connectivity index (χ1) is 39.0. The molecule has 0 aromatic carbocycles. The maximum absolute atomic E-state index is 12.5. The molecule has 0 radical (unpaired) electrons. The van der Waals surface area contributed by atoms with Crippen LogP contribution in [0, 0.1) is 0 Å². The van der Waals surface area contributed by atoms with Crippen LogP contribution in [0.3, 0.4) is 0 Å². The van der Waals surface area contributed by atoms with Gasteiger partial charge in [0, 0.05) is 12.8 Å². The number of hydrogen-bond donors (Lipinski definition) is 3. The number of esters is 1. The molecule has 79 heavy (non-hydrogen) atoms. The summed E-state index contributed by atoms with van der Waals surface area (Å²) in [6.45, 7) is 4.92. The van der Waals surface area contributed by atoms with Crippen molar-refractivity contribution in [2.75, 3.05) is 13.2 Å². The fourth-order valence-electron chi connectivity index (χ4n) is 10.9. The fourth-order valence-corrected chi connectivity index (χ4v) is 10.9. The van der Waals surface area contributed by atoms with E-state index in [-0.39, 0.29) is 18.5 Å². The number of hydrogen-bond acceptors (Lipinski definition) is 5. The Morgan fingerprint density at radius 2 is 0.633 bits per heavy atom. The third-order valence-electron chi connectivity index (χ3n) is 16.3. The van der Waals surface area contributed by atoms with E-state index in [2.05, 4.69) is 55.6 Å². The minimum absolute atomic E-state index is 0.000570. The Balaban J connectivity index is 3.48. The van der Waals surface area contributed by atoms with E-state index in [1.807, 2.05) is 6.08 Å². The predicted molar refractivity (Wildman–Crippen MR) is 347 cm³/mol. The Hall–Kier alpha value is -2.18. The van der Waals surface area contributed by atoms with Crippen molar-refractivity contribution in [1.82, 2.24) is 5.32 Å². The number of carbonyl (C=O) groups is 2. The minimum atomic E-state index is -0.853. The highest BCUT2D eigenvalue weighted by atomic mass is 16.5. The van der Waals surface area contributed by atoms with Gasteiger partial charge in [-0.3, -0.25) is 9.59 Å². The average molecular weight is 1110 g/mol. The summed E-state index contributed by atoms with van der Waals surface area (Å²) in [5, 5.41) is 23.3. The zero-order valence-corrected chi connectivity index (χ0v) is 53.1. The minimum Gasteiger partial charge on any atom is -0.466 e. The second kappa shape index (κ2) is 68.3. The number of ether oxygens (including phenoxy) is 1. The molecular formula is C73H137NO5. The summed E-state index contributed by atoms with van der Waals surface area (Å²) >= 11 is 0. The van der Waals surface area contributed by atoms with Crippen molar-refractivity contribution in [3.8, 4) is 0 Å². The lowest BCUT2D eigenvalue weighted by atomic mass is 10.0. The van der Waals surface area contributed by atoms with E-state index >= 15 is 0 Å². The van der Waals surface area contributed by atoms with Gasteiger partial charge in [-0.15, -0.1) is 0 Å². The number of carbonyl (C=O) groups excluding carboxylic acids is 2. The third-order valence-corrected chi connectivity index (χ3v) is 16.3. The van der Waals surface area contributed by atoms with Gasteiger partial charge in [0.15, 0.2) is 0 Å². The van der Waals surface area contributed by atoms with Crippen LogP contribution >= 0.6 is 0 Å². The summed E-state index contributed by atoms with van der Waals surface area (Å²) in [4.78, 5) is 24.6. The standard InChI is InChI=1S/C73H137NO5/c1-3-5-7-9-11-13-15-17-19-21-22-23-25-28-31-34-37-41-45-49-53-57-61-65-71(76)70(69-75)74-72(77)66-62-58-54-50-46-42-38-35-32-29-26-24-27-30-33-36-40-44-48-52-56-60-64-68-79-73(78)67-63-59-55-51-47-43-39-20-18-16-14-12-10-8-6-4-2/h20,24,27,29,32,39,61,65,70-71,75-76H,3-19,21-23,25-26,28,30-31,33-38,40-60,62-64,66-69H2,1-2H3,(H,74,77)/b27-24-,32-29-,39-20-,65-61+. The molecule has 0 spiro atoms. The maximum Gasteiger partial charge on any atom is 0.305 e. The predicted octanol–water partition coefficient (Wildman–Crippen LogP) is 22.9. The molecule has 0 aromatic heterocycles. The van der Waals surface area contributed by atoms with Crippen LogP contribution in [0.15, 0.2) is 48.6 Å². The van der Waals surface area contributed by atoms with Crippen molar-refractivity contribution >= 4 is 11.9 Å². The van der Waals surface area contributed by atoms with Gasteiger partial charge in [0.05, 0.1) is 25.4 Å². The first kappa shape index (κ1) is 76.8. The van der Waals surface area contributed by atoms with Crippen LogP contribution in [-0.2, 0) is 14.3 Å². The lowest BCUT2D eigenvalue weighted by Crippen LogP contribution is -2.45. The summed E-state index contributed by atoms with van der Waals surface area (Å²) < 4.78 is 5.49. The Kier molecular flexibility index (Phi) is 66.4. The largest absolute Gasteiger partial charge is 0.466 e. The van der Waals surface area contributed by atoms with E-state index in [4.69, 9.17) is 4.74 Å². The summed E-state index contributed by atoms with van der Waals surface area (Å²) in [6.07, 6.45) is 89.0. The topological polar surface area (TPSA) is 95.9 Å². The number of unbranched alkanes of at least 4 members (excludes halogenated alkanes) is 49. The van der Waals surface area contributed by atoms with Gasteiger partial charge in [0.1, 0.15) is 0 Å². The molecule has 0 rings (SSSR count). The molecule has 464 valence electrons. The summed E-state index contributed by atoms with van der Waals surface area (Å²) in [5.41, 5.74) is 0. The molecule has 6 nitrogen and oxygen atoms in total. The van der Waals surface area contributed by atoms with E-state index in [1.165, 1.54) is 289 Å². The number of nitrogens with one attached hydrogen (secondary N) is 1. The van der Waals surface area contributed by atoms with Gasteiger partial charge in [-0.1, -0.05) is 326 Å². The van der Waals surface area contributed by atoms with E-state index in [0.717, 1.165) is 64.2 Å². The SMILES string of the molecule is CCCCCCCCC/C=C\CCCCCCCC(=O)OCCCCCCCCCCC/C=C\C/C=C\CCCCCCCCCC(=O)NC(CO)C(O)/C=C/CCCCCCCCCCCCCCCCCCCCCCC. The molecule has 2 atom stereocenters. The zero-order valence-electron chi connectivity index (χ0n) is 53.1. The van der Waals surface area contributed by atoms with Crippen LogP contribution in [0.4, 0.5) is 0 Å². The number of aliphatic hydroxyl groups excluding tert-OH is 2. The smallest absolute Gasteiger partial charge is 0.305 e. The molecular weight excluding hydrogens is 971 g/mol. The Bertz CT molecular complexity index is 1320. The molecule has 6 heteroatoms. The van der Waals surface area contributed by atoms with Crippen molar-refractivity contribution in [1.29, 1.82) is 0 Å². The van der Waals surface area contributed by atoms with Gasteiger partial charge in [0.25, 0.3) is 0 Å². The van der Waals surface area contributed by atoms with Crippen molar-refractivity contribution in [3.05, 3.63) is 48.6 Å². The molecule has 0 aliphatic heterocycles. The highest BCUT2D eigenvalue weighted by molar-refractivity contribution is 5.76. The Morgan fingerprint density at radius 1 is 0.354 bits per heavy atom. The van der Waals surface area contributed by atoms with Gasteiger partial charge in [-0.25, -0.2) is 0 Å². The number of allylic oxidation sites excluding steroid dienone is 7. The normalized spacial score (nSPS) is 12.8. The third kappa shape index (κ3) is 64.8. The number of aliphatic hydroxyl groups is 2. The first-order valence-electron chi connectivity index (χ1n) is 35.4. The molecule has 0 aliphatic carbocycles. The second-order valence-corrected chi connectivity index (χ2v) is 24.2. The lowest BCUT2D eigenvalue weighted by Gasteiger charge is -2.20. The van der Waals surface area contributed by atoms with Gasteiger partial charge in [-0.2, -0.15) is 0 Å². The Labute approximate surface area is 493 Å². The van der Waals surface area contributed by atoms with Crippen molar-refractivity contribution < 1.29 is 24.5 Å². The number of amides is 1. The molecule has 0 fully saturated rings. The van der Waals surface area contributed by atoms with Gasteiger partial charge < -0.3 is 20.3 Å². The van der Waals surface area contributed by atoms with E-state index in [1.54, 1.807) is 6.08 Å². The summed E-state index contributed by atoms with van der Waals surface area (Å²) in [5.74, 6) is -0.0760. The average Bonchev–Trinajstić information content (AvgIpc) is 3.45. The maximum atomic E-state index is 12.5. The monoisotopic (exact) mass is 1110 g/mol. The quantitative estimate of drug-likeness (QED) is 0.0320. The van der Waals surface area contributed by atoms with Crippen LogP contribution < -0.4 is 5.32 Å². The molecule has 0 saturated carbocycles. The second-order valence-electron chi connectivity index (χ2n) is 24.2. The van der Waals surface area contributed by atoms with Crippen LogP contribution in [0.25, 0.3) is 0 Å². The molecule has 3 N–H and O–H groups in total. The van der Waals surface area contributed by atoms with E-state index in [9.17, 15) is 19.8 Å². The van der Waals surface area contributed by atoms with E-state index < -0.39 is 12.1 Å². The van der Waals surface area contributed by atoms with E-state index in [0.29, 0.717) is 19.4 Å². The van der Waals surface area contributed by atoms with Crippen LogP contribution in [0.1, 0.15) is 380 Å². The molecule has 1 amide bonds. The highest BCUT2D eigenvalue weighted by Gasteiger charge is 2.18. The molecule has 2 unspecified atom stereocenters. The van der Waals surface area contributed by atoms with Crippen molar-refractivity contribution in [2.24, 2.45) is 0 Å². The Morgan fingerprint density at radius 3 is 0.975 bits per heavy atom. The van der Waals surface area contributed by atoms with Crippen LogP contribution in [-0.4, -0.2) is 47.4 Å². The van der Waals surface area contributed by atoms with Gasteiger partial charge >= 0.3 is 5.97 Å². The lowest BCUT2D eigenvalue weighted by molar-refractivity contribution is -0.143. The van der Waals surface area contributed by atoms with Gasteiger partial charge in [0.2, 0.25) is 5.91 Å². The van der Waals surface area contributed by atoms with Crippen LogP contribution in [0.2, 0.25) is 0 Å². The van der Waals surface area contributed by atoms with Crippen molar-refractivity contribution in [2.45, 2.75) is 392 Å². The fraction of sp³-hybridized carbons (Fsp3) is 0.863. The molecule has 0 aromatic rings. The van der Waals surface area contributed by atoms with Crippen LogP contribution in [0.5, 0.6) is 0 Å². The first-order valence-corrected chi connectivity index (χ1v) is 35.4.